The van der Waals surface area contributed by atoms with Crippen molar-refractivity contribution in [3.8, 4) is 11.1 Å². The molecule has 1 fully saturated rings. The maximum atomic E-state index is 11.9. The highest BCUT2D eigenvalue weighted by molar-refractivity contribution is 5.70. The van der Waals surface area contributed by atoms with Gasteiger partial charge in [0.2, 0.25) is 0 Å². The van der Waals surface area contributed by atoms with Crippen LogP contribution < -0.4 is 5.32 Å². The number of piperidine rings is 1. The first-order valence-corrected chi connectivity index (χ1v) is 16.3. The number of nitrogens with one attached hydrogen (secondary N) is 1. The van der Waals surface area contributed by atoms with Gasteiger partial charge in [-0.05, 0) is 99.9 Å². The molecule has 0 spiro atoms. The van der Waals surface area contributed by atoms with Crippen molar-refractivity contribution in [2.45, 2.75) is 77.9 Å². The Hall–Kier alpha value is -4.29. The first kappa shape index (κ1) is 32.1. The molecule has 5 rings (SSSR count). The third kappa shape index (κ3) is 10.7. The molecule has 4 aromatic rings. The molecule has 234 valence electrons. The van der Waals surface area contributed by atoms with Crippen LogP contribution >= 0.6 is 0 Å². The molecule has 0 saturated carbocycles. The minimum absolute atomic E-state index is 0.118. The predicted molar refractivity (Wildman–Crippen MR) is 184 cm³/mol. The average Bonchev–Trinajstić information content (AvgIpc) is 3.02. The lowest BCUT2D eigenvalue weighted by Crippen LogP contribution is -2.30. The van der Waals surface area contributed by atoms with E-state index in [9.17, 15) is 4.79 Å². The standard InChI is InChI=1S/C39H46N4O2/c1-39(2,3)45-38(44)16-9-5-8-14-35-18-17-34(28-41-35)33-19-22-40-37(27-33)42-36-15-10-13-32(26-36)25-30-20-23-43(24-21-30)29-31-11-6-4-7-12-31/h4,6-7,10-13,15,17-19,22,25-28H,5,8-9,14,16,20-21,23-24,29H2,1-3H3,(H,40,42). The summed E-state index contributed by atoms with van der Waals surface area (Å²) >= 11 is 0. The van der Waals surface area contributed by atoms with Crippen molar-refractivity contribution in [1.82, 2.24) is 14.9 Å². The van der Waals surface area contributed by atoms with Gasteiger partial charge in [0, 0.05) is 55.4 Å². The summed E-state index contributed by atoms with van der Waals surface area (Å²) in [5.41, 5.74) is 7.91. The van der Waals surface area contributed by atoms with E-state index in [2.05, 4.69) is 94.1 Å². The van der Waals surface area contributed by atoms with Crippen LogP contribution in [0.4, 0.5) is 11.5 Å². The summed E-state index contributed by atoms with van der Waals surface area (Å²) in [6.45, 7) is 8.93. The highest BCUT2D eigenvalue weighted by atomic mass is 16.6. The lowest BCUT2D eigenvalue weighted by molar-refractivity contribution is -0.154. The topological polar surface area (TPSA) is 67.3 Å². The number of unbranched alkanes of at least 4 members (excludes halogenated alkanes) is 2. The van der Waals surface area contributed by atoms with E-state index in [4.69, 9.17) is 9.72 Å². The molecule has 0 atom stereocenters. The number of esters is 1. The van der Waals surface area contributed by atoms with Gasteiger partial charge in [-0.1, -0.05) is 66.6 Å². The third-order valence-electron chi connectivity index (χ3n) is 7.93. The Morgan fingerprint density at radius 2 is 1.71 bits per heavy atom. The van der Waals surface area contributed by atoms with E-state index in [0.717, 1.165) is 86.5 Å². The summed E-state index contributed by atoms with van der Waals surface area (Å²) in [4.78, 5) is 23.7. The number of benzene rings is 2. The molecule has 1 aliphatic rings. The fourth-order valence-electron chi connectivity index (χ4n) is 5.64. The number of nitrogens with zero attached hydrogens (tertiary/aromatic N) is 3. The van der Waals surface area contributed by atoms with E-state index in [-0.39, 0.29) is 5.97 Å². The Morgan fingerprint density at radius 3 is 2.47 bits per heavy atom. The van der Waals surface area contributed by atoms with Crippen LogP contribution in [0.25, 0.3) is 17.2 Å². The molecule has 2 aromatic heterocycles. The first-order chi connectivity index (χ1) is 21.8. The number of rotatable bonds is 12. The molecule has 0 unspecified atom stereocenters. The number of pyridine rings is 2. The smallest absolute Gasteiger partial charge is 0.306 e. The monoisotopic (exact) mass is 602 g/mol. The largest absolute Gasteiger partial charge is 0.460 e. The normalized spacial score (nSPS) is 13.8. The van der Waals surface area contributed by atoms with Crippen LogP contribution in [0.15, 0.2) is 96.8 Å². The predicted octanol–water partition coefficient (Wildman–Crippen LogP) is 9.01. The molecule has 1 aliphatic heterocycles. The zero-order valence-corrected chi connectivity index (χ0v) is 27.0. The van der Waals surface area contributed by atoms with E-state index in [1.54, 1.807) is 0 Å². The van der Waals surface area contributed by atoms with Gasteiger partial charge in [-0.3, -0.25) is 14.7 Å². The number of ether oxygens (including phenoxy) is 1. The van der Waals surface area contributed by atoms with Crippen LogP contribution in [-0.2, 0) is 22.5 Å². The summed E-state index contributed by atoms with van der Waals surface area (Å²) in [7, 11) is 0. The van der Waals surface area contributed by atoms with Crippen molar-refractivity contribution < 1.29 is 9.53 Å². The van der Waals surface area contributed by atoms with Crippen molar-refractivity contribution in [2.24, 2.45) is 0 Å². The number of carbonyl (C=O) groups is 1. The molecule has 6 heteroatoms. The molecule has 1 saturated heterocycles. The van der Waals surface area contributed by atoms with E-state index < -0.39 is 5.60 Å². The van der Waals surface area contributed by atoms with E-state index in [0.29, 0.717) is 6.42 Å². The second kappa shape index (κ2) is 15.6. The van der Waals surface area contributed by atoms with Gasteiger partial charge in [-0.25, -0.2) is 4.98 Å². The zero-order chi connectivity index (χ0) is 31.5. The number of aromatic nitrogens is 2. The van der Waals surface area contributed by atoms with E-state index in [1.807, 2.05) is 39.2 Å². The Labute approximate surface area is 268 Å². The van der Waals surface area contributed by atoms with Crippen LogP contribution in [-0.4, -0.2) is 39.5 Å². The molecule has 1 N–H and O–H groups in total. The SMILES string of the molecule is CC(C)(C)OC(=O)CCCCCc1ccc(-c2ccnc(Nc3cccc(C=C4CCN(Cc5ccccc5)CC4)c3)c2)cn1. The number of carbonyl (C=O) groups excluding carboxylic acids is 1. The minimum atomic E-state index is -0.418. The van der Waals surface area contributed by atoms with Gasteiger partial charge in [-0.15, -0.1) is 0 Å². The second-order valence-corrected chi connectivity index (χ2v) is 12.9. The molecular weight excluding hydrogens is 556 g/mol. The molecule has 6 nitrogen and oxygen atoms in total. The van der Waals surface area contributed by atoms with Gasteiger partial charge in [0.1, 0.15) is 11.4 Å². The van der Waals surface area contributed by atoms with Crippen LogP contribution in [0.2, 0.25) is 0 Å². The highest BCUT2D eigenvalue weighted by Crippen LogP contribution is 2.26. The summed E-state index contributed by atoms with van der Waals surface area (Å²) in [5, 5.41) is 3.50. The molecule has 0 radical (unpaired) electrons. The van der Waals surface area contributed by atoms with Gasteiger partial charge in [0.15, 0.2) is 0 Å². The van der Waals surface area contributed by atoms with Crippen molar-refractivity contribution in [3.05, 3.63) is 114 Å². The Balaban J connectivity index is 1.10. The average molecular weight is 603 g/mol. The van der Waals surface area contributed by atoms with Crippen LogP contribution in [0.3, 0.4) is 0 Å². The molecule has 0 bridgehead atoms. The summed E-state index contributed by atoms with van der Waals surface area (Å²) in [6, 6.07) is 27.6. The lowest BCUT2D eigenvalue weighted by atomic mass is 10.00. The van der Waals surface area contributed by atoms with Crippen molar-refractivity contribution >= 4 is 23.6 Å². The zero-order valence-electron chi connectivity index (χ0n) is 27.0. The van der Waals surface area contributed by atoms with Crippen LogP contribution in [0.1, 0.15) is 76.1 Å². The fourth-order valence-corrected chi connectivity index (χ4v) is 5.64. The summed E-state index contributed by atoms with van der Waals surface area (Å²) in [5.74, 6) is 0.688. The summed E-state index contributed by atoms with van der Waals surface area (Å²) in [6.07, 6.45) is 12.5. The van der Waals surface area contributed by atoms with Crippen LogP contribution in [0.5, 0.6) is 0 Å². The molecule has 0 aliphatic carbocycles. The van der Waals surface area contributed by atoms with Gasteiger partial charge >= 0.3 is 5.97 Å². The Kier molecular flexibility index (Phi) is 11.2. The van der Waals surface area contributed by atoms with Gasteiger partial charge < -0.3 is 10.1 Å². The number of anilines is 2. The maximum Gasteiger partial charge on any atom is 0.306 e. The van der Waals surface area contributed by atoms with Gasteiger partial charge in [-0.2, -0.15) is 0 Å². The number of hydrogen-bond acceptors (Lipinski definition) is 6. The van der Waals surface area contributed by atoms with Gasteiger partial charge in [0.05, 0.1) is 0 Å². The third-order valence-corrected chi connectivity index (χ3v) is 7.93. The highest BCUT2D eigenvalue weighted by Gasteiger charge is 2.16. The first-order valence-electron chi connectivity index (χ1n) is 16.3. The Morgan fingerprint density at radius 1 is 0.889 bits per heavy atom. The minimum Gasteiger partial charge on any atom is -0.460 e. The van der Waals surface area contributed by atoms with Crippen molar-refractivity contribution in [2.75, 3.05) is 18.4 Å². The molecule has 2 aromatic carbocycles. The molecular formula is C39H46N4O2. The quantitative estimate of drug-likeness (QED) is 0.129. The number of hydrogen-bond donors (Lipinski definition) is 1. The Bertz CT molecular complexity index is 1550. The van der Waals surface area contributed by atoms with E-state index >= 15 is 0 Å². The number of aryl methyl sites for hydroxylation is 1. The number of likely N-dealkylation sites (tertiary alicyclic amines) is 1. The van der Waals surface area contributed by atoms with Crippen LogP contribution in [0, 0.1) is 0 Å². The molecule has 3 heterocycles. The molecule has 45 heavy (non-hydrogen) atoms. The lowest BCUT2D eigenvalue weighted by Gasteiger charge is -2.28. The van der Waals surface area contributed by atoms with Crippen molar-refractivity contribution in [1.29, 1.82) is 0 Å². The van der Waals surface area contributed by atoms with E-state index in [1.165, 1.54) is 16.7 Å². The van der Waals surface area contributed by atoms with Crippen molar-refractivity contribution in [3.63, 3.8) is 0 Å². The molecule has 0 amide bonds. The fraction of sp³-hybridized carbons (Fsp3) is 0.359. The van der Waals surface area contributed by atoms with Gasteiger partial charge in [0.25, 0.3) is 0 Å². The second-order valence-electron chi connectivity index (χ2n) is 12.9. The summed E-state index contributed by atoms with van der Waals surface area (Å²) < 4.78 is 5.39. The maximum absolute atomic E-state index is 11.9.